The Bertz CT molecular complexity index is 441. The highest BCUT2D eigenvalue weighted by molar-refractivity contribution is 5.87. The van der Waals surface area contributed by atoms with Gasteiger partial charge in [0.1, 0.15) is 5.54 Å². The average molecular weight is 243 g/mol. The zero-order valence-electron chi connectivity index (χ0n) is 8.95. The molecule has 17 heavy (non-hydrogen) atoms. The van der Waals surface area contributed by atoms with E-state index in [0.29, 0.717) is 12.8 Å². The van der Waals surface area contributed by atoms with Crippen LogP contribution in [-0.2, 0) is 10.3 Å². The third-order valence-corrected chi connectivity index (χ3v) is 2.81. The third kappa shape index (κ3) is 2.04. The second kappa shape index (κ2) is 4.23. The Morgan fingerprint density at radius 3 is 2.71 bits per heavy atom. The first-order valence-corrected chi connectivity index (χ1v) is 5.14. The molecule has 7 heteroatoms. The molecular weight excluding hydrogens is 232 g/mol. The van der Waals surface area contributed by atoms with Crippen LogP contribution in [0.15, 0.2) is 17.2 Å². The Kier molecular flexibility index (Phi) is 2.91. The molecule has 1 heterocycles. The summed E-state index contributed by atoms with van der Waals surface area (Å²) in [5.41, 5.74) is -0.776. The summed E-state index contributed by atoms with van der Waals surface area (Å²) in [5.74, 6) is -0.999. The number of rotatable bonds is 4. The lowest BCUT2D eigenvalue weighted by Gasteiger charge is -2.39. The largest absolute Gasteiger partial charge is 0.340 e. The number of carbonyl (C=O) groups excluding carboxylic acids is 1. The highest BCUT2D eigenvalue weighted by atomic mass is 19.3. The van der Waals surface area contributed by atoms with Gasteiger partial charge in [-0.1, -0.05) is 11.7 Å². The van der Waals surface area contributed by atoms with Gasteiger partial charge in [-0.15, -0.1) is 0 Å². The van der Waals surface area contributed by atoms with Crippen molar-refractivity contribution in [1.29, 1.82) is 0 Å². The van der Waals surface area contributed by atoms with Crippen LogP contribution in [-0.4, -0.2) is 16.0 Å². The van der Waals surface area contributed by atoms with Crippen molar-refractivity contribution in [3.8, 4) is 0 Å². The molecule has 1 aliphatic carbocycles. The van der Waals surface area contributed by atoms with Gasteiger partial charge in [0.25, 0.3) is 5.89 Å². The number of nitrogens with one attached hydrogen (secondary N) is 1. The maximum Gasteiger partial charge on any atom is 0.315 e. The normalized spacial score (nSPS) is 17.6. The minimum Gasteiger partial charge on any atom is -0.340 e. The summed E-state index contributed by atoms with van der Waals surface area (Å²) in [7, 11) is 0. The fourth-order valence-electron chi connectivity index (χ4n) is 1.74. The number of alkyl halides is 2. The topological polar surface area (TPSA) is 68.0 Å². The fourth-order valence-corrected chi connectivity index (χ4v) is 1.74. The van der Waals surface area contributed by atoms with E-state index < -0.39 is 17.9 Å². The first-order chi connectivity index (χ1) is 8.07. The first kappa shape index (κ1) is 11.7. The highest BCUT2D eigenvalue weighted by Gasteiger charge is 2.44. The van der Waals surface area contributed by atoms with Crippen LogP contribution in [0.1, 0.15) is 37.4 Å². The fraction of sp³-hybridized carbons (Fsp3) is 0.500. The van der Waals surface area contributed by atoms with Gasteiger partial charge in [0.2, 0.25) is 5.91 Å². The highest BCUT2D eigenvalue weighted by Crippen LogP contribution is 2.40. The predicted molar refractivity (Wildman–Crippen MR) is 53.1 cm³/mol. The van der Waals surface area contributed by atoms with Gasteiger partial charge >= 0.3 is 6.43 Å². The van der Waals surface area contributed by atoms with Gasteiger partial charge in [0.05, 0.1) is 0 Å². The van der Waals surface area contributed by atoms with E-state index in [0.717, 1.165) is 12.5 Å². The Morgan fingerprint density at radius 1 is 1.59 bits per heavy atom. The number of hydrogen-bond donors (Lipinski definition) is 1. The van der Waals surface area contributed by atoms with Gasteiger partial charge in [0, 0.05) is 0 Å². The van der Waals surface area contributed by atoms with Crippen molar-refractivity contribution in [2.24, 2.45) is 0 Å². The monoisotopic (exact) mass is 243 g/mol. The molecular formula is C10H11F2N3O2. The van der Waals surface area contributed by atoms with Crippen molar-refractivity contribution in [2.45, 2.75) is 31.2 Å². The van der Waals surface area contributed by atoms with Gasteiger partial charge in [-0.2, -0.15) is 13.8 Å². The molecule has 5 nitrogen and oxygen atoms in total. The molecule has 1 saturated carbocycles. The molecule has 0 bridgehead atoms. The zero-order chi connectivity index (χ0) is 12.5. The molecule has 1 aromatic rings. The van der Waals surface area contributed by atoms with Crippen LogP contribution < -0.4 is 5.32 Å². The van der Waals surface area contributed by atoms with Crippen LogP contribution >= 0.6 is 0 Å². The van der Waals surface area contributed by atoms with Crippen molar-refractivity contribution in [3.63, 3.8) is 0 Å². The van der Waals surface area contributed by atoms with E-state index in [1.54, 1.807) is 0 Å². The molecule has 0 atom stereocenters. The molecule has 0 saturated heterocycles. The summed E-state index contributed by atoms with van der Waals surface area (Å²) in [6.45, 7) is 3.33. The minimum absolute atomic E-state index is 0.106. The molecule has 1 amide bonds. The molecule has 1 N–H and O–H groups in total. The third-order valence-electron chi connectivity index (χ3n) is 2.81. The maximum atomic E-state index is 12.3. The van der Waals surface area contributed by atoms with E-state index >= 15 is 0 Å². The summed E-state index contributed by atoms with van der Waals surface area (Å²) in [5, 5.41) is 6.17. The molecule has 1 fully saturated rings. The summed E-state index contributed by atoms with van der Waals surface area (Å²) in [6.07, 6.45) is 0.400. The second-order valence-electron chi connectivity index (χ2n) is 3.89. The standard InChI is InChI=1S/C10H11F2N3O2/c1-2-6(16)14-10(4-3-5-10)9-13-8(7(11)12)17-15-9/h2,7H,1,3-5H2,(H,14,16). The SMILES string of the molecule is C=CC(=O)NC1(c2noc(C(F)F)n2)CCC1. The zero-order valence-corrected chi connectivity index (χ0v) is 8.95. The molecule has 1 aromatic heterocycles. The van der Waals surface area contributed by atoms with Crippen LogP contribution in [0.4, 0.5) is 8.78 Å². The number of halogens is 2. The van der Waals surface area contributed by atoms with Crippen molar-refractivity contribution < 1.29 is 18.1 Å². The lowest BCUT2D eigenvalue weighted by molar-refractivity contribution is -0.119. The van der Waals surface area contributed by atoms with E-state index in [2.05, 4.69) is 26.6 Å². The smallest absolute Gasteiger partial charge is 0.315 e. The average Bonchev–Trinajstić information content (AvgIpc) is 2.72. The van der Waals surface area contributed by atoms with E-state index in [1.165, 1.54) is 0 Å². The van der Waals surface area contributed by atoms with Crippen LogP contribution in [0.25, 0.3) is 0 Å². The molecule has 0 unspecified atom stereocenters. The van der Waals surface area contributed by atoms with Crippen LogP contribution in [0.2, 0.25) is 0 Å². The summed E-state index contributed by atoms with van der Waals surface area (Å²) in [6, 6.07) is 0. The van der Waals surface area contributed by atoms with E-state index in [9.17, 15) is 13.6 Å². The van der Waals surface area contributed by atoms with Gasteiger partial charge in [-0.3, -0.25) is 4.79 Å². The Morgan fingerprint density at radius 2 is 2.29 bits per heavy atom. The second-order valence-corrected chi connectivity index (χ2v) is 3.89. The Balaban J connectivity index is 2.22. The maximum absolute atomic E-state index is 12.3. The molecule has 1 aliphatic rings. The van der Waals surface area contributed by atoms with Crippen LogP contribution in [0.5, 0.6) is 0 Å². The molecule has 92 valence electrons. The quantitative estimate of drug-likeness (QED) is 0.817. The van der Waals surface area contributed by atoms with Crippen molar-refractivity contribution in [2.75, 3.05) is 0 Å². The van der Waals surface area contributed by atoms with Gasteiger partial charge < -0.3 is 9.84 Å². The number of nitrogens with zero attached hydrogens (tertiary/aromatic N) is 2. The molecule has 2 rings (SSSR count). The number of amides is 1. The molecule has 0 aliphatic heterocycles. The van der Waals surface area contributed by atoms with Gasteiger partial charge in [-0.05, 0) is 25.3 Å². The van der Waals surface area contributed by atoms with Crippen molar-refractivity contribution in [3.05, 3.63) is 24.4 Å². The van der Waals surface area contributed by atoms with Crippen LogP contribution in [0.3, 0.4) is 0 Å². The summed E-state index contributed by atoms with van der Waals surface area (Å²) < 4.78 is 29.1. The summed E-state index contributed by atoms with van der Waals surface area (Å²) in [4.78, 5) is 14.9. The number of aromatic nitrogens is 2. The lowest BCUT2D eigenvalue weighted by atomic mass is 9.76. The number of hydrogen-bond acceptors (Lipinski definition) is 4. The predicted octanol–water partition coefficient (Wildman–Crippen LogP) is 1.69. The summed E-state index contributed by atoms with van der Waals surface area (Å²) >= 11 is 0. The van der Waals surface area contributed by atoms with E-state index in [4.69, 9.17) is 0 Å². The Labute approximate surface area is 95.9 Å². The van der Waals surface area contributed by atoms with Gasteiger partial charge in [0.15, 0.2) is 5.82 Å². The van der Waals surface area contributed by atoms with Crippen LogP contribution in [0, 0.1) is 0 Å². The lowest BCUT2D eigenvalue weighted by Crippen LogP contribution is -2.51. The van der Waals surface area contributed by atoms with E-state index in [1.807, 2.05) is 0 Å². The minimum atomic E-state index is -2.80. The van der Waals surface area contributed by atoms with Crippen molar-refractivity contribution in [1.82, 2.24) is 15.5 Å². The Hall–Kier alpha value is -1.79. The van der Waals surface area contributed by atoms with E-state index in [-0.39, 0.29) is 11.7 Å². The van der Waals surface area contributed by atoms with Crippen molar-refractivity contribution >= 4 is 5.91 Å². The molecule has 0 spiro atoms. The first-order valence-electron chi connectivity index (χ1n) is 5.14. The molecule has 0 aromatic carbocycles. The van der Waals surface area contributed by atoms with Gasteiger partial charge in [-0.25, -0.2) is 0 Å². The molecule has 0 radical (unpaired) electrons. The number of carbonyl (C=O) groups is 1.